The zero-order valence-electron chi connectivity index (χ0n) is 11.4. The Morgan fingerprint density at radius 3 is 2.39 bits per heavy atom. The lowest BCUT2D eigenvalue weighted by molar-refractivity contribution is -0.147. The Balaban J connectivity index is 2.58. The van der Waals surface area contributed by atoms with Gasteiger partial charge in [0.25, 0.3) is 0 Å². The zero-order valence-corrected chi connectivity index (χ0v) is 11.4. The maximum absolute atomic E-state index is 12.2. The number of aliphatic carboxylic acids is 1. The average molecular weight is 257 g/mol. The van der Waals surface area contributed by atoms with E-state index in [2.05, 4.69) is 0 Å². The fraction of sp³-hybridized carbons (Fsp3) is 0.846. The molecule has 1 unspecified atom stereocenters. The van der Waals surface area contributed by atoms with Crippen molar-refractivity contribution in [2.45, 2.75) is 57.6 Å². The number of nitrogens with zero attached hydrogens (tertiary/aromatic N) is 1. The lowest BCUT2D eigenvalue weighted by atomic mass is 9.77. The molecule has 18 heavy (non-hydrogen) atoms. The van der Waals surface area contributed by atoms with Crippen LogP contribution in [-0.2, 0) is 14.3 Å². The predicted octanol–water partition coefficient (Wildman–Crippen LogP) is 1.66. The van der Waals surface area contributed by atoms with E-state index in [1.165, 1.54) is 0 Å². The highest BCUT2D eigenvalue weighted by Gasteiger charge is 2.40. The molecule has 1 N–H and O–H groups in total. The number of hydrogen-bond acceptors (Lipinski definition) is 3. The van der Waals surface area contributed by atoms with E-state index < -0.39 is 5.97 Å². The molecule has 1 amide bonds. The Kier molecular flexibility index (Phi) is 5.14. The molecular weight excluding hydrogens is 234 g/mol. The summed E-state index contributed by atoms with van der Waals surface area (Å²) < 4.78 is 5.44. The van der Waals surface area contributed by atoms with E-state index in [-0.39, 0.29) is 24.0 Å². The number of carbonyl (C=O) groups excluding carboxylic acids is 1. The van der Waals surface area contributed by atoms with Gasteiger partial charge in [0.1, 0.15) is 0 Å². The number of rotatable bonds is 7. The van der Waals surface area contributed by atoms with Crippen molar-refractivity contribution in [3.63, 3.8) is 0 Å². The van der Waals surface area contributed by atoms with E-state index in [1.807, 2.05) is 6.92 Å². The minimum absolute atomic E-state index is 0.00667. The van der Waals surface area contributed by atoms with Crippen molar-refractivity contribution in [2.75, 3.05) is 13.7 Å². The SMILES string of the molecule is CCN(C(=O)CC1(OC)CCC1)C(C)CC(=O)O. The molecule has 1 aliphatic rings. The largest absolute Gasteiger partial charge is 0.481 e. The molecule has 0 aromatic heterocycles. The minimum atomic E-state index is -0.876. The lowest BCUT2D eigenvalue weighted by Gasteiger charge is -2.41. The van der Waals surface area contributed by atoms with Crippen LogP contribution >= 0.6 is 0 Å². The molecule has 1 rings (SSSR count). The fourth-order valence-corrected chi connectivity index (χ4v) is 2.50. The van der Waals surface area contributed by atoms with Gasteiger partial charge >= 0.3 is 5.97 Å². The van der Waals surface area contributed by atoms with Crippen molar-refractivity contribution < 1.29 is 19.4 Å². The van der Waals surface area contributed by atoms with Gasteiger partial charge in [0, 0.05) is 19.7 Å². The quantitative estimate of drug-likeness (QED) is 0.753. The second-order valence-electron chi connectivity index (χ2n) is 5.04. The maximum atomic E-state index is 12.2. The summed E-state index contributed by atoms with van der Waals surface area (Å²) in [6.45, 7) is 4.18. The minimum Gasteiger partial charge on any atom is -0.481 e. The fourth-order valence-electron chi connectivity index (χ4n) is 2.50. The summed E-state index contributed by atoms with van der Waals surface area (Å²) in [6, 6.07) is -0.269. The highest BCUT2D eigenvalue weighted by atomic mass is 16.5. The van der Waals surface area contributed by atoms with Crippen LogP contribution in [0.1, 0.15) is 46.0 Å². The first-order valence-electron chi connectivity index (χ1n) is 6.50. The third-order valence-corrected chi connectivity index (χ3v) is 3.83. The number of ether oxygens (including phenoxy) is 1. The molecule has 5 nitrogen and oxygen atoms in total. The zero-order chi connectivity index (χ0) is 13.8. The van der Waals surface area contributed by atoms with Crippen molar-refractivity contribution >= 4 is 11.9 Å². The number of hydrogen-bond donors (Lipinski definition) is 1. The van der Waals surface area contributed by atoms with E-state index in [4.69, 9.17) is 9.84 Å². The molecule has 104 valence electrons. The summed E-state index contributed by atoms with van der Waals surface area (Å²) in [5.74, 6) is -0.883. The Morgan fingerprint density at radius 1 is 1.44 bits per heavy atom. The van der Waals surface area contributed by atoms with Crippen LogP contribution in [0.4, 0.5) is 0 Å². The molecular formula is C13H23NO4. The van der Waals surface area contributed by atoms with Crippen molar-refractivity contribution in [1.29, 1.82) is 0 Å². The van der Waals surface area contributed by atoms with Crippen molar-refractivity contribution in [1.82, 2.24) is 4.90 Å². The Hall–Kier alpha value is -1.10. The molecule has 1 saturated carbocycles. The Labute approximate surface area is 108 Å². The number of methoxy groups -OCH3 is 1. The smallest absolute Gasteiger partial charge is 0.305 e. The van der Waals surface area contributed by atoms with Crippen LogP contribution in [0.15, 0.2) is 0 Å². The van der Waals surface area contributed by atoms with Gasteiger partial charge in [-0.25, -0.2) is 0 Å². The lowest BCUT2D eigenvalue weighted by Crippen LogP contribution is -2.47. The van der Waals surface area contributed by atoms with E-state index >= 15 is 0 Å². The standard InChI is InChI=1S/C13H23NO4/c1-4-14(10(2)8-12(16)17)11(15)9-13(18-3)6-5-7-13/h10H,4-9H2,1-3H3,(H,16,17). The molecule has 0 aromatic carbocycles. The molecule has 0 bridgehead atoms. The highest BCUT2D eigenvalue weighted by Crippen LogP contribution is 2.38. The molecule has 0 heterocycles. The number of carbonyl (C=O) groups is 2. The summed E-state index contributed by atoms with van der Waals surface area (Å²) in [7, 11) is 1.64. The van der Waals surface area contributed by atoms with E-state index in [0.29, 0.717) is 13.0 Å². The van der Waals surface area contributed by atoms with Gasteiger partial charge in [0.2, 0.25) is 5.91 Å². The van der Waals surface area contributed by atoms with Crippen molar-refractivity contribution in [3.8, 4) is 0 Å². The summed E-state index contributed by atoms with van der Waals surface area (Å²) in [6.07, 6.45) is 3.28. The van der Waals surface area contributed by atoms with Gasteiger partial charge < -0.3 is 14.7 Å². The van der Waals surface area contributed by atoms with Crippen LogP contribution in [0.5, 0.6) is 0 Å². The molecule has 0 aromatic rings. The van der Waals surface area contributed by atoms with Gasteiger partial charge in [0.15, 0.2) is 0 Å². The van der Waals surface area contributed by atoms with Gasteiger partial charge in [-0.2, -0.15) is 0 Å². The summed E-state index contributed by atoms with van der Waals surface area (Å²) in [4.78, 5) is 24.5. The summed E-state index contributed by atoms with van der Waals surface area (Å²) >= 11 is 0. The molecule has 0 radical (unpaired) electrons. The van der Waals surface area contributed by atoms with Gasteiger partial charge in [-0.05, 0) is 33.1 Å². The van der Waals surface area contributed by atoms with Crippen LogP contribution in [0.25, 0.3) is 0 Å². The van der Waals surface area contributed by atoms with E-state index in [9.17, 15) is 9.59 Å². The normalized spacial score (nSPS) is 18.8. The highest BCUT2D eigenvalue weighted by molar-refractivity contribution is 5.78. The molecule has 1 aliphatic carbocycles. The topological polar surface area (TPSA) is 66.8 Å². The molecule has 1 fully saturated rings. The first-order valence-corrected chi connectivity index (χ1v) is 6.50. The van der Waals surface area contributed by atoms with Gasteiger partial charge in [0.05, 0.1) is 18.4 Å². The monoisotopic (exact) mass is 257 g/mol. The third kappa shape index (κ3) is 3.45. The van der Waals surface area contributed by atoms with E-state index in [1.54, 1.807) is 18.9 Å². The molecule has 0 aliphatic heterocycles. The van der Waals surface area contributed by atoms with Crippen molar-refractivity contribution in [3.05, 3.63) is 0 Å². The van der Waals surface area contributed by atoms with Crippen molar-refractivity contribution in [2.24, 2.45) is 0 Å². The summed E-state index contributed by atoms with van der Waals surface area (Å²) in [5.41, 5.74) is -0.298. The number of amides is 1. The van der Waals surface area contributed by atoms with Crippen LogP contribution in [0.2, 0.25) is 0 Å². The van der Waals surface area contributed by atoms with Crippen LogP contribution in [-0.4, -0.2) is 47.2 Å². The molecule has 0 spiro atoms. The van der Waals surface area contributed by atoms with Gasteiger partial charge in [-0.3, -0.25) is 9.59 Å². The van der Waals surface area contributed by atoms with Gasteiger partial charge in [-0.1, -0.05) is 0 Å². The van der Waals surface area contributed by atoms with Gasteiger partial charge in [-0.15, -0.1) is 0 Å². The Morgan fingerprint density at radius 2 is 2.06 bits per heavy atom. The second-order valence-corrected chi connectivity index (χ2v) is 5.04. The van der Waals surface area contributed by atoms with E-state index in [0.717, 1.165) is 19.3 Å². The third-order valence-electron chi connectivity index (χ3n) is 3.83. The van der Waals surface area contributed by atoms with Crippen LogP contribution in [0.3, 0.4) is 0 Å². The number of carboxylic acid groups (broad SMARTS) is 1. The number of carboxylic acids is 1. The van der Waals surface area contributed by atoms with Crippen LogP contribution < -0.4 is 0 Å². The Bertz CT molecular complexity index is 307. The molecule has 0 saturated heterocycles. The second kappa shape index (κ2) is 6.18. The maximum Gasteiger partial charge on any atom is 0.305 e. The average Bonchev–Trinajstić information content (AvgIpc) is 2.23. The molecule has 5 heteroatoms. The molecule has 1 atom stereocenters. The first-order chi connectivity index (χ1) is 8.44. The summed E-state index contributed by atoms with van der Waals surface area (Å²) in [5, 5.41) is 8.78. The van der Waals surface area contributed by atoms with Crippen LogP contribution in [0, 0.1) is 0 Å². The first kappa shape index (κ1) is 15.0. The predicted molar refractivity (Wildman–Crippen MR) is 67.3 cm³/mol.